The molecule has 0 radical (unpaired) electrons. The van der Waals surface area contributed by atoms with E-state index in [9.17, 15) is 0 Å². The molecule has 0 fully saturated rings. The molecule has 4 aromatic rings. The lowest BCUT2D eigenvalue weighted by molar-refractivity contribution is 0.107. The van der Waals surface area contributed by atoms with Gasteiger partial charge in [0.25, 0.3) is 0 Å². The quantitative estimate of drug-likeness (QED) is 0.199. The summed E-state index contributed by atoms with van der Waals surface area (Å²) in [7, 11) is 0. The summed E-state index contributed by atoms with van der Waals surface area (Å²) in [5.41, 5.74) is 8.00. The summed E-state index contributed by atoms with van der Waals surface area (Å²) < 4.78 is 12.4. The molecule has 4 aromatic carbocycles. The largest absolute Gasteiger partial charge is 0.372 e. The van der Waals surface area contributed by atoms with Crippen LogP contribution in [0.15, 0.2) is 107 Å². The monoisotopic (exact) mass is 546 g/mol. The number of anilines is 4. The van der Waals surface area contributed by atoms with E-state index in [1.165, 1.54) is 0 Å². The van der Waals surface area contributed by atoms with Crippen molar-refractivity contribution in [3.8, 4) is 0 Å². The third kappa shape index (κ3) is 7.11. The Bertz CT molecular complexity index is 1550. The summed E-state index contributed by atoms with van der Waals surface area (Å²) in [6, 6.07) is 32.7. The SMILES string of the molecule is c1cc2cc(c1)NC1=NCCCN=C(Nc3ccccc3COC2)Nc2ccccc2COCc2ccccc2N1. The van der Waals surface area contributed by atoms with Gasteiger partial charge in [-0.3, -0.25) is 9.98 Å². The smallest absolute Gasteiger partial charge is 0.200 e. The van der Waals surface area contributed by atoms with Crippen molar-refractivity contribution < 1.29 is 9.47 Å². The number of hydrogen-bond donors (Lipinski definition) is 4. The first-order chi connectivity index (χ1) is 20.3. The molecular formula is C33H34N6O2. The summed E-state index contributed by atoms with van der Waals surface area (Å²) >= 11 is 0. The third-order valence-electron chi connectivity index (χ3n) is 6.90. The van der Waals surface area contributed by atoms with Gasteiger partial charge in [-0.2, -0.15) is 0 Å². The third-order valence-corrected chi connectivity index (χ3v) is 6.90. The van der Waals surface area contributed by atoms with Gasteiger partial charge in [0.05, 0.1) is 26.4 Å². The summed E-state index contributed by atoms with van der Waals surface area (Å²) in [5, 5.41) is 14.1. The summed E-state index contributed by atoms with van der Waals surface area (Å²) in [4.78, 5) is 9.80. The number of guanidine groups is 2. The van der Waals surface area contributed by atoms with Crippen LogP contribution < -0.4 is 21.3 Å². The number of rotatable bonds is 0. The van der Waals surface area contributed by atoms with Gasteiger partial charge < -0.3 is 30.7 Å². The van der Waals surface area contributed by atoms with E-state index >= 15 is 0 Å². The molecule has 6 rings (SSSR count). The van der Waals surface area contributed by atoms with Crippen molar-refractivity contribution in [2.75, 3.05) is 34.4 Å². The zero-order valence-corrected chi connectivity index (χ0v) is 22.9. The number of para-hydroxylation sites is 3. The van der Waals surface area contributed by atoms with E-state index in [2.05, 4.69) is 63.7 Å². The van der Waals surface area contributed by atoms with Gasteiger partial charge in [0.2, 0.25) is 0 Å². The van der Waals surface area contributed by atoms with Crippen LogP contribution in [0.4, 0.5) is 22.7 Å². The number of hydrogen-bond acceptors (Lipinski definition) is 8. The Morgan fingerprint density at radius 2 is 0.976 bits per heavy atom. The Balaban J connectivity index is 1.40. The van der Waals surface area contributed by atoms with Crippen LogP contribution in [0.5, 0.6) is 0 Å². The van der Waals surface area contributed by atoms with Crippen LogP contribution in [0.2, 0.25) is 0 Å². The number of ether oxygens (including phenoxy) is 2. The van der Waals surface area contributed by atoms with Crippen molar-refractivity contribution in [3.63, 3.8) is 0 Å². The molecule has 2 aliphatic rings. The van der Waals surface area contributed by atoms with Crippen molar-refractivity contribution in [1.82, 2.24) is 0 Å². The number of aliphatic imine (C=N–C) groups is 2. The minimum Gasteiger partial charge on any atom is -0.372 e. The van der Waals surface area contributed by atoms with Crippen molar-refractivity contribution in [3.05, 3.63) is 119 Å². The Morgan fingerprint density at radius 3 is 1.54 bits per heavy atom. The predicted molar refractivity (Wildman–Crippen MR) is 166 cm³/mol. The highest BCUT2D eigenvalue weighted by atomic mass is 16.5. The first kappa shape index (κ1) is 26.6. The lowest BCUT2D eigenvalue weighted by Crippen LogP contribution is -2.25. The highest BCUT2D eigenvalue weighted by molar-refractivity contribution is 6.05. The molecule has 8 nitrogen and oxygen atoms in total. The second kappa shape index (κ2) is 13.1. The lowest BCUT2D eigenvalue weighted by atomic mass is 10.1. The minimum atomic E-state index is 0.446. The highest BCUT2D eigenvalue weighted by Crippen LogP contribution is 2.23. The van der Waals surface area contributed by atoms with Gasteiger partial charge >= 0.3 is 0 Å². The van der Waals surface area contributed by atoms with E-state index in [4.69, 9.17) is 19.5 Å². The summed E-state index contributed by atoms with van der Waals surface area (Å²) in [5.74, 6) is 1.34. The number of fused-ring (bicyclic) bond motifs is 9. The fourth-order valence-corrected chi connectivity index (χ4v) is 4.79. The van der Waals surface area contributed by atoms with Crippen molar-refractivity contribution in [2.45, 2.75) is 32.8 Å². The molecule has 8 heteroatoms. The summed E-state index contributed by atoms with van der Waals surface area (Å²) in [6.07, 6.45) is 0.775. The molecule has 41 heavy (non-hydrogen) atoms. The molecule has 0 atom stereocenters. The van der Waals surface area contributed by atoms with Crippen molar-refractivity contribution >= 4 is 34.7 Å². The van der Waals surface area contributed by atoms with Crippen LogP contribution in [0.25, 0.3) is 0 Å². The van der Waals surface area contributed by atoms with E-state index in [1.54, 1.807) is 0 Å². The molecule has 4 N–H and O–H groups in total. The van der Waals surface area contributed by atoms with Crippen molar-refractivity contribution in [1.29, 1.82) is 0 Å². The van der Waals surface area contributed by atoms with Crippen LogP contribution in [-0.4, -0.2) is 25.0 Å². The molecule has 4 bridgehead atoms. The summed E-state index contributed by atoms with van der Waals surface area (Å²) in [6.45, 7) is 3.03. The Hall–Kier alpha value is -4.66. The second-order valence-corrected chi connectivity index (χ2v) is 9.97. The number of nitrogens with one attached hydrogen (secondary N) is 4. The molecule has 0 aromatic heterocycles. The molecule has 2 heterocycles. The fraction of sp³-hybridized carbons (Fsp3) is 0.212. The van der Waals surface area contributed by atoms with E-state index < -0.39 is 0 Å². The fourth-order valence-electron chi connectivity index (χ4n) is 4.79. The minimum absolute atomic E-state index is 0.446. The maximum atomic E-state index is 6.24. The zero-order chi connectivity index (χ0) is 27.7. The topological polar surface area (TPSA) is 91.3 Å². The standard InChI is InChI=1S/C33H34N6O2/c1-5-15-30-25(10-1)21-40-20-24-9-7-13-28(19-24)36-32-34-17-8-18-35-33(38-30)39-31-16-6-3-12-27(31)23-41-22-26-11-2-4-14-29(26)37-32/h1-7,9-16,19H,8,17-18,20-23H2,(H2,34,36,37)(H2,35,38,39). The molecule has 2 aliphatic heterocycles. The van der Waals surface area contributed by atoms with Crippen LogP contribution in [0.1, 0.15) is 28.7 Å². The molecule has 0 saturated carbocycles. The second-order valence-electron chi connectivity index (χ2n) is 9.97. The Kier molecular flexibility index (Phi) is 8.50. The van der Waals surface area contributed by atoms with Crippen LogP contribution >= 0.6 is 0 Å². The molecule has 0 aliphatic carbocycles. The van der Waals surface area contributed by atoms with Crippen LogP contribution in [0.3, 0.4) is 0 Å². The zero-order valence-electron chi connectivity index (χ0n) is 22.9. The van der Waals surface area contributed by atoms with Gasteiger partial charge in [-0.25, -0.2) is 0 Å². The van der Waals surface area contributed by atoms with Crippen LogP contribution in [-0.2, 0) is 35.9 Å². The average molecular weight is 547 g/mol. The van der Waals surface area contributed by atoms with Gasteiger partial charge in [-0.05, 0) is 42.3 Å². The van der Waals surface area contributed by atoms with Gasteiger partial charge in [0.1, 0.15) is 0 Å². The average Bonchev–Trinajstić information content (AvgIpc) is 2.99. The van der Waals surface area contributed by atoms with Gasteiger partial charge in [0.15, 0.2) is 11.9 Å². The van der Waals surface area contributed by atoms with Crippen molar-refractivity contribution in [2.24, 2.45) is 9.98 Å². The maximum absolute atomic E-state index is 6.24. The molecule has 208 valence electrons. The molecule has 0 saturated heterocycles. The Morgan fingerprint density at radius 1 is 0.488 bits per heavy atom. The molecular weight excluding hydrogens is 512 g/mol. The molecule has 0 amide bonds. The number of benzene rings is 4. The Labute approximate surface area is 240 Å². The van der Waals surface area contributed by atoms with Gasteiger partial charge in [-0.1, -0.05) is 66.7 Å². The van der Waals surface area contributed by atoms with Gasteiger partial charge in [-0.15, -0.1) is 0 Å². The van der Waals surface area contributed by atoms with E-state index in [1.807, 2.05) is 54.6 Å². The maximum Gasteiger partial charge on any atom is 0.200 e. The first-order valence-electron chi connectivity index (χ1n) is 14.0. The first-order valence-corrected chi connectivity index (χ1v) is 14.0. The van der Waals surface area contributed by atoms with E-state index in [0.717, 1.165) is 51.4 Å². The van der Waals surface area contributed by atoms with E-state index in [-0.39, 0.29) is 0 Å². The van der Waals surface area contributed by atoms with Gasteiger partial charge in [0, 0.05) is 52.5 Å². The van der Waals surface area contributed by atoms with E-state index in [0.29, 0.717) is 51.4 Å². The van der Waals surface area contributed by atoms with Crippen LogP contribution in [0, 0.1) is 0 Å². The molecule has 0 unspecified atom stereocenters. The molecule has 0 spiro atoms. The number of nitrogens with zero attached hydrogens (tertiary/aromatic N) is 2. The predicted octanol–water partition coefficient (Wildman–Crippen LogP) is 6.60. The normalized spacial score (nSPS) is 16.0. The lowest BCUT2D eigenvalue weighted by Gasteiger charge is -2.18. The highest BCUT2D eigenvalue weighted by Gasteiger charge is 2.12.